The fourth-order valence-corrected chi connectivity index (χ4v) is 2.43. The molecule has 2 rings (SSSR count). The summed E-state index contributed by atoms with van der Waals surface area (Å²) in [5.74, 6) is -1.34. The van der Waals surface area contributed by atoms with Gasteiger partial charge in [-0.05, 0) is 36.2 Å². The maximum absolute atomic E-state index is 12.5. The van der Waals surface area contributed by atoms with Gasteiger partial charge in [0.1, 0.15) is 6.04 Å². The molecule has 0 saturated heterocycles. The molecule has 0 aromatic heterocycles. The zero-order chi connectivity index (χ0) is 18.9. The highest BCUT2D eigenvalue weighted by molar-refractivity contribution is 6.30. The number of hydrogen-bond donors (Lipinski definition) is 3. The number of primary amides is 1. The SMILES string of the molecule is NC(=O)CC[C@@H](NC(=O)c1ccc(Cl)cc1)C(=O)NCc1ccccc1. The Hall–Kier alpha value is -2.86. The van der Waals surface area contributed by atoms with Crippen LogP contribution in [0.25, 0.3) is 0 Å². The standard InChI is InChI=1S/C19H20ClN3O3/c20-15-8-6-14(7-9-15)18(25)23-16(10-11-17(21)24)19(26)22-12-13-4-2-1-3-5-13/h1-9,16H,10-12H2,(H2,21,24)(H,22,26)(H,23,25)/t16-/m1/s1. The minimum absolute atomic E-state index is 0.00960. The summed E-state index contributed by atoms with van der Waals surface area (Å²) in [5.41, 5.74) is 6.47. The van der Waals surface area contributed by atoms with Gasteiger partial charge in [-0.1, -0.05) is 41.9 Å². The van der Waals surface area contributed by atoms with Crippen LogP contribution >= 0.6 is 11.6 Å². The smallest absolute Gasteiger partial charge is 0.251 e. The van der Waals surface area contributed by atoms with Gasteiger partial charge in [0.2, 0.25) is 11.8 Å². The van der Waals surface area contributed by atoms with Crippen molar-refractivity contribution in [1.29, 1.82) is 0 Å². The van der Waals surface area contributed by atoms with Crippen LogP contribution in [0.4, 0.5) is 0 Å². The summed E-state index contributed by atoms with van der Waals surface area (Å²) >= 11 is 5.81. The number of amides is 3. The van der Waals surface area contributed by atoms with Crippen LogP contribution in [0.2, 0.25) is 5.02 Å². The van der Waals surface area contributed by atoms with Gasteiger partial charge in [0, 0.05) is 23.6 Å². The number of carbonyl (C=O) groups excluding carboxylic acids is 3. The number of benzene rings is 2. The molecule has 7 heteroatoms. The van der Waals surface area contributed by atoms with Gasteiger partial charge in [-0.15, -0.1) is 0 Å². The third kappa shape index (κ3) is 6.22. The van der Waals surface area contributed by atoms with Gasteiger partial charge in [-0.25, -0.2) is 0 Å². The Bertz CT molecular complexity index is 763. The fraction of sp³-hybridized carbons (Fsp3) is 0.211. The van der Waals surface area contributed by atoms with Crippen molar-refractivity contribution in [3.8, 4) is 0 Å². The van der Waals surface area contributed by atoms with Crippen LogP contribution in [0.1, 0.15) is 28.8 Å². The van der Waals surface area contributed by atoms with E-state index in [-0.39, 0.29) is 18.7 Å². The maximum Gasteiger partial charge on any atom is 0.251 e. The molecule has 0 aliphatic rings. The zero-order valence-electron chi connectivity index (χ0n) is 14.1. The minimum Gasteiger partial charge on any atom is -0.370 e. The highest BCUT2D eigenvalue weighted by atomic mass is 35.5. The van der Waals surface area contributed by atoms with Gasteiger partial charge in [-0.2, -0.15) is 0 Å². The van der Waals surface area contributed by atoms with E-state index in [1.54, 1.807) is 24.3 Å². The average molecular weight is 374 g/mol. The second kappa shape index (κ2) is 9.58. The Morgan fingerprint density at radius 1 is 1.00 bits per heavy atom. The summed E-state index contributed by atoms with van der Waals surface area (Å²) in [6.07, 6.45) is 0.111. The van der Waals surface area contributed by atoms with E-state index in [1.165, 1.54) is 0 Å². The Kier molecular flexibility index (Phi) is 7.17. The van der Waals surface area contributed by atoms with Crippen molar-refractivity contribution in [2.45, 2.75) is 25.4 Å². The summed E-state index contributed by atoms with van der Waals surface area (Å²) in [7, 11) is 0. The highest BCUT2D eigenvalue weighted by Gasteiger charge is 2.21. The van der Waals surface area contributed by atoms with Crippen LogP contribution in [0, 0.1) is 0 Å². The number of halogens is 1. The molecular formula is C19H20ClN3O3. The number of rotatable bonds is 8. The van der Waals surface area contributed by atoms with E-state index < -0.39 is 17.9 Å². The Labute approximate surface area is 156 Å². The summed E-state index contributed by atoms with van der Waals surface area (Å²) in [5, 5.41) is 5.91. The molecule has 4 N–H and O–H groups in total. The molecule has 0 fully saturated rings. The summed E-state index contributed by atoms with van der Waals surface area (Å²) in [6.45, 7) is 0.323. The fourth-order valence-electron chi connectivity index (χ4n) is 2.31. The molecule has 6 nitrogen and oxygen atoms in total. The van der Waals surface area contributed by atoms with Gasteiger partial charge < -0.3 is 16.4 Å². The first kappa shape index (κ1) is 19.5. The van der Waals surface area contributed by atoms with Gasteiger partial charge in [0.25, 0.3) is 5.91 Å². The van der Waals surface area contributed by atoms with Crippen LogP contribution in [-0.4, -0.2) is 23.8 Å². The van der Waals surface area contributed by atoms with Gasteiger partial charge >= 0.3 is 0 Å². The van der Waals surface area contributed by atoms with E-state index in [9.17, 15) is 14.4 Å². The van der Waals surface area contributed by atoms with Crippen molar-refractivity contribution in [2.24, 2.45) is 5.73 Å². The lowest BCUT2D eigenvalue weighted by molar-refractivity contribution is -0.123. The van der Waals surface area contributed by atoms with Gasteiger partial charge in [0.05, 0.1) is 0 Å². The molecule has 0 heterocycles. The van der Waals surface area contributed by atoms with E-state index in [0.29, 0.717) is 17.1 Å². The van der Waals surface area contributed by atoms with Crippen LogP contribution in [0.3, 0.4) is 0 Å². The van der Waals surface area contributed by atoms with Crippen molar-refractivity contribution >= 4 is 29.3 Å². The van der Waals surface area contributed by atoms with Crippen molar-refractivity contribution in [1.82, 2.24) is 10.6 Å². The molecule has 26 heavy (non-hydrogen) atoms. The Balaban J connectivity index is 2.01. The lowest BCUT2D eigenvalue weighted by Crippen LogP contribution is -2.47. The predicted molar refractivity (Wildman–Crippen MR) is 99.4 cm³/mol. The molecule has 3 amide bonds. The predicted octanol–water partition coefficient (Wildman–Crippen LogP) is 2.02. The molecule has 0 aliphatic heterocycles. The molecule has 136 valence electrons. The number of nitrogens with one attached hydrogen (secondary N) is 2. The molecule has 0 spiro atoms. The number of nitrogens with two attached hydrogens (primary N) is 1. The molecule has 0 unspecified atom stereocenters. The lowest BCUT2D eigenvalue weighted by atomic mass is 10.1. The molecule has 0 bridgehead atoms. The largest absolute Gasteiger partial charge is 0.370 e. The molecule has 2 aromatic rings. The van der Waals surface area contributed by atoms with Gasteiger partial charge in [0.15, 0.2) is 0 Å². The molecule has 0 saturated carbocycles. The van der Waals surface area contributed by atoms with Gasteiger partial charge in [-0.3, -0.25) is 14.4 Å². The van der Waals surface area contributed by atoms with Crippen LogP contribution in [0.15, 0.2) is 54.6 Å². The lowest BCUT2D eigenvalue weighted by Gasteiger charge is -2.18. The van der Waals surface area contributed by atoms with E-state index in [1.807, 2.05) is 30.3 Å². The molecule has 1 atom stereocenters. The second-order valence-electron chi connectivity index (χ2n) is 5.74. The van der Waals surface area contributed by atoms with Crippen LogP contribution in [-0.2, 0) is 16.1 Å². The first-order valence-electron chi connectivity index (χ1n) is 8.12. The van der Waals surface area contributed by atoms with Crippen molar-refractivity contribution < 1.29 is 14.4 Å². The van der Waals surface area contributed by atoms with E-state index in [2.05, 4.69) is 10.6 Å². The summed E-state index contributed by atoms with van der Waals surface area (Å²) in [6, 6.07) is 14.8. The normalized spacial score (nSPS) is 11.4. The first-order chi connectivity index (χ1) is 12.5. The molecular weight excluding hydrogens is 354 g/mol. The number of carbonyl (C=O) groups is 3. The van der Waals surface area contributed by atoms with Crippen LogP contribution < -0.4 is 16.4 Å². The molecule has 2 aromatic carbocycles. The van der Waals surface area contributed by atoms with Crippen molar-refractivity contribution in [3.63, 3.8) is 0 Å². The highest BCUT2D eigenvalue weighted by Crippen LogP contribution is 2.10. The summed E-state index contributed by atoms with van der Waals surface area (Å²) < 4.78 is 0. The summed E-state index contributed by atoms with van der Waals surface area (Å²) in [4.78, 5) is 35.9. The number of hydrogen-bond acceptors (Lipinski definition) is 3. The minimum atomic E-state index is -0.866. The Morgan fingerprint density at radius 3 is 2.27 bits per heavy atom. The second-order valence-corrected chi connectivity index (χ2v) is 6.18. The quantitative estimate of drug-likeness (QED) is 0.659. The molecule has 0 radical (unpaired) electrons. The third-order valence-corrected chi connectivity index (χ3v) is 3.97. The topological polar surface area (TPSA) is 101 Å². The van der Waals surface area contributed by atoms with Crippen molar-refractivity contribution in [3.05, 3.63) is 70.7 Å². The first-order valence-corrected chi connectivity index (χ1v) is 8.50. The van der Waals surface area contributed by atoms with E-state index >= 15 is 0 Å². The average Bonchev–Trinajstić information content (AvgIpc) is 2.64. The van der Waals surface area contributed by atoms with E-state index in [0.717, 1.165) is 5.56 Å². The monoisotopic (exact) mass is 373 g/mol. The third-order valence-electron chi connectivity index (χ3n) is 3.72. The van der Waals surface area contributed by atoms with E-state index in [4.69, 9.17) is 17.3 Å². The van der Waals surface area contributed by atoms with Crippen LogP contribution in [0.5, 0.6) is 0 Å². The maximum atomic E-state index is 12.5. The Morgan fingerprint density at radius 2 is 1.65 bits per heavy atom. The zero-order valence-corrected chi connectivity index (χ0v) is 14.8. The van der Waals surface area contributed by atoms with Crippen molar-refractivity contribution in [2.75, 3.05) is 0 Å². The molecule has 0 aliphatic carbocycles.